The van der Waals surface area contributed by atoms with Crippen molar-refractivity contribution in [2.45, 2.75) is 39.2 Å². The van der Waals surface area contributed by atoms with Gasteiger partial charge in [-0.2, -0.15) is 0 Å². The van der Waals surface area contributed by atoms with Gasteiger partial charge in [-0.1, -0.05) is 41.9 Å². The van der Waals surface area contributed by atoms with Gasteiger partial charge < -0.3 is 5.11 Å². The van der Waals surface area contributed by atoms with Crippen molar-refractivity contribution in [2.75, 3.05) is 19.7 Å². The molecule has 0 bridgehead atoms. The van der Waals surface area contributed by atoms with E-state index in [1.54, 1.807) is 0 Å². The second-order valence-electron chi connectivity index (χ2n) is 5.55. The van der Waals surface area contributed by atoms with Gasteiger partial charge >= 0.3 is 0 Å². The summed E-state index contributed by atoms with van der Waals surface area (Å²) in [6, 6.07) is 7.04. The first-order chi connectivity index (χ1) is 9.17. The molecule has 1 aromatic rings. The first kappa shape index (κ1) is 15.0. The molecule has 106 valence electrons. The van der Waals surface area contributed by atoms with Crippen LogP contribution in [0.25, 0.3) is 0 Å². The normalized spacial score (nSPS) is 19.6. The maximum atomic E-state index is 9.56. The number of likely N-dealkylation sites (tertiary alicyclic amines) is 1. The minimum atomic E-state index is 0.244. The predicted molar refractivity (Wildman–Crippen MR) is 83.3 cm³/mol. The van der Waals surface area contributed by atoms with E-state index in [0.29, 0.717) is 6.04 Å². The summed E-state index contributed by atoms with van der Waals surface area (Å²) >= 11 is 3.67. The van der Waals surface area contributed by atoms with Gasteiger partial charge in [0.1, 0.15) is 0 Å². The number of aryl methyl sites for hydroxylation is 1. The summed E-state index contributed by atoms with van der Waals surface area (Å²) in [6.07, 6.45) is 3.61. The fourth-order valence-corrected chi connectivity index (χ4v) is 3.73. The zero-order valence-corrected chi connectivity index (χ0v) is 13.5. The van der Waals surface area contributed by atoms with Crippen LogP contribution in [0.15, 0.2) is 22.7 Å². The van der Waals surface area contributed by atoms with Crippen LogP contribution in [0.1, 0.15) is 43.9 Å². The van der Waals surface area contributed by atoms with Crippen LogP contribution in [0.4, 0.5) is 0 Å². The maximum absolute atomic E-state index is 9.56. The van der Waals surface area contributed by atoms with Crippen molar-refractivity contribution in [1.82, 2.24) is 4.90 Å². The minimum absolute atomic E-state index is 0.244. The average molecular weight is 326 g/mol. The van der Waals surface area contributed by atoms with Gasteiger partial charge in [-0.05, 0) is 55.5 Å². The molecule has 1 aromatic carbocycles. The summed E-state index contributed by atoms with van der Waals surface area (Å²) in [5.74, 6) is 0.275. The smallest absolute Gasteiger partial charge is 0.0474 e. The standard InChI is InChI=1S/C16H24BrNO/c1-3-13-6-7-14(10-15(13)17)16(12(2)11-19)18-8-4-5-9-18/h6-7,10,12,16,19H,3-5,8-9,11H2,1-2H3. The van der Waals surface area contributed by atoms with Gasteiger partial charge in [-0.25, -0.2) is 0 Å². The van der Waals surface area contributed by atoms with E-state index in [-0.39, 0.29) is 12.5 Å². The number of hydrogen-bond donors (Lipinski definition) is 1. The summed E-state index contributed by atoms with van der Waals surface area (Å²) in [4.78, 5) is 2.52. The highest BCUT2D eigenvalue weighted by molar-refractivity contribution is 9.10. The quantitative estimate of drug-likeness (QED) is 0.890. The number of aliphatic hydroxyl groups is 1. The molecule has 0 spiro atoms. The molecule has 0 aliphatic carbocycles. The second-order valence-corrected chi connectivity index (χ2v) is 6.41. The number of hydrogen-bond acceptors (Lipinski definition) is 2. The van der Waals surface area contributed by atoms with Crippen LogP contribution in [0.3, 0.4) is 0 Å². The van der Waals surface area contributed by atoms with Crippen molar-refractivity contribution in [1.29, 1.82) is 0 Å². The number of benzene rings is 1. The van der Waals surface area contributed by atoms with Crippen LogP contribution in [-0.2, 0) is 6.42 Å². The molecule has 3 heteroatoms. The number of halogens is 1. The van der Waals surface area contributed by atoms with Gasteiger partial charge in [0, 0.05) is 17.1 Å². The second kappa shape index (κ2) is 6.87. The van der Waals surface area contributed by atoms with E-state index >= 15 is 0 Å². The van der Waals surface area contributed by atoms with Crippen molar-refractivity contribution in [2.24, 2.45) is 5.92 Å². The van der Waals surface area contributed by atoms with Gasteiger partial charge in [-0.3, -0.25) is 4.90 Å². The fourth-order valence-electron chi connectivity index (χ4n) is 3.05. The van der Waals surface area contributed by atoms with Crippen LogP contribution in [0.2, 0.25) is 0 Å². The molecule has 0 radical (unpaired) electrons. The molecule has 1 N–H and O–H groups in total. The number of nitrogens with zero attached hydrogens (tertiary/aromatic N) is 1. The summed E-state index contributed by atoms with van der Waals surface area (Å²) in [5, 5.41) is 9.56. The van der Waals surface area contributed by atoms with E-state index in [1.165, 1.54) is 28.4 Å². The molecule has 2 atom stereocenters. The third-order valence-electron chi connectivity index (χ3n) is 4.16. The highest BCUT2D eigenvalue weighted by atomic mass is 79.9. The Hall–Kier alpha value is -0.380. The van der Waals surface area contributed by atoms with Crippen LogP contribution in [0, 0.1) is 5.92 Å². The molecule has 2 unspecified atom stereocenters. The minimum Gasteiger partial charge on any atom is -0.396 e. The molecule has 19 heavy (non-hydrogen) atoms. The van der Waals surface area contributed by atoms with E-state index in [0.717, 1.165) is 19.5 Å². The molecule has 0 saturated carbocycles. The zero-order valence-electron chi connectivity index (χ0n) is 11.9. The molecule has 1 aliphatic heterocycles. The highest BCUT2D eigenvalue weighted by Crippen LogP contribution is 2.33. The van der Waals surface area contributed by atoms with Gasteiger partial charge in [0.15, 0.2) is 0 Å². The Labute approximate surface area is 124 Å². The van der Waals surface area contributed by atoms with E-state index in [1.807, 2.05) is 0 Å². The number of rotatable bonds is 5. The summed E-state index contributed by atoms with van der Waals surface area (Å²) in [7, 11) is 0. The fraction of sp³-hybridized carbons (Fsp3) is 0.625. The van der Waals surface area contributed by atoms with Gasteiger partial charge in [0.25, 0.3) is 0 Å². The van der Waals surface area contributed by atoms with Crippen molar-refractivity contribution < 1.29 is 5.11 Å². The molecule has 1 aliphatic rings. The van der Waals surface area contributed by atoms with E-state index in [2.05, 4.69) is 52.9 Å². The van der Waals surface area contributed by atoms with Gasteiger partial charge in [0.05, 0.1) is 0 Å². The van der Waals surface area contributed by atoms with E-state index in [4.69, 9.17) is 0 Å². The largest absolute Gasteiger partial charge is 0.396 e. The van der Waals surface area contributed by atoms with E-state index in [9.17, 15) is 5.11 Å². The Balaban J connectivity index is 2.29. The Bertz CT molecular complexity index is 415. The molecule has 2 rings (SSSR count). The van der Waals surface area contributed by atoms with Crippen molar-refractivity contribution >= 4 is 15.9 Å². The molecule has 0 amide bonds. The Morgan fingerprint density at radius 2 is 2.00 bits per heavy atom. The molecule has 1 saturated heterocycles. The Morgan fingerprint density at radius 1 is 1.32 bits per heavy atom. The van der Waals surface area contributed by atoms with Gasteiger partial charge in [0.2, 0.25) is 0 Å². The molecule has 1 fully saturated rings. The monoisotopic (exact) mass is 325 g/mol. The van der Waals surface area contributed by atoms with Gasteiger partial charge in [-0.15, -0.1) is 0 Å². The van der Waals surface area contributed by atoms with Crippen molar-refractivity contribution in [3.8, 4) is 0 Å². The van der Waals surface area contributed by atoms with E-state index < -0.39 is 0 Å². The van der Waals surface area contributed by atoms with Crippen LogP contribution in [0.5, 0.6) is 0 Å². The number of aliphatic hydroxyl groups excluding tert-OH is 1. The third kappa shape index (κ3) is 3.39. The Morgan fingerprint density at radius 3 is 2.53 bits per heavy atom. The zero-order chi connectivity index (χ0) is 13.8. The summed E-state index contributed by atoms with van der Waals surface area (Å²) in [6.45, 7) is 6.87. The lowest BCUT2D eigenvalue weighted by Gasteiger charge is -2.32. The average Bonchev–Trinajstić information content (AvgIpc) is 2.93. The molecule has 2 nitrogen and oxygen atoms in total. The van der Waals surface area contributed by atoms with Crippen LogP contribution >= 0.6 is 15.9 Å². The first-order valence-corrected chi connectivity index (χ1v) is 8.10. The van der Waals surface area contributed by atoms with Crippen LogP contribution < -0.4 is 0 Å². The maximum Gasteiger partial charge on any atom is 0.0474 e. The SMILES string of the molecule is CCc1ccc(C(C(C)CO)N2CCCC2)cc1Br. The first-order valence-electron chi connectivity index (χ1n) is 7.30. The summed E-state index contributed by atoms with van der Waals surface area (Å²) in [5.41, 5.74) is 2.67. The topological polar surface area (TPSA) is 23.5 Å². The molecular weight excluding hydrogens is 302 g/mol. The Kier molecular flexibility index (Phi) is 5.43. The predicted octanol–water partition coefficient (Wildman–Crippen LogP) is 3.78. The van der Waals surface area contributed by atoms with Crippen LogP contribution in [-0.4, -0.2) is 29.7 Å². The third-order valence-corrected chi connectivity index (χ3v) is 4.90. The molecule has 0 aromatic heterocycles. The van der Waals surface area contributed by atoms with Crippen molar-refractivity contribution in [3.63, 3.8) is 0 Å². The lowest BCUT2D eigenvalue weighted by molar-refractivity contribution is 0.126. The highest BCUT2D eigenvalue weighted by Gasteiger charge is 2.28. The lowest BCUT2D eigenvalue weighted by Crippen LogP contribution is -2.32. The lowest BCUT2D eigenvalue weighted by atomic mass is 9.93. The molecule has 1 heterocycles. The summed E-state index contributed by atoms with van der Waals surface area (Å²) < 4.78 is 1.20. The van der Waals surface area contributed by atoms with Crippen molar-refractivity contribution in [3.05, 3.63) is 33.8 Å². The molecular formula is C16H24BrNO.